The van der Waals surface area contributed by atoms with Crippen LogP contribution in [0.4, 0.5) is 0 Å². The average molecular weight is 403 g/mol. The van der Waals surface area contributed by atoms with Crippen molar-refractivity contribution in [1.82, 2.24) is 14.8 Å². The van der Waals surface area contributed by atoms with Gasteiger partial charge in [-0.1, -0.05) is 41.0 Å². The Labute approximate surface area is 166 Å². The van der Waals surface area contributed by atoms with E-state index in [0.29, 0.717) is 32.9 Å². The van der Waals surface area contributed by atoms with Gasteiger partial charge in [0, 0.05) is 18.3 Å². The quantitative estimate of drug-likeness (QED) is 0.244. The van der Waals surface area contributed by atoms with Gasteiger partial charge in [0.15, 0.2) is 5.76 Å². The van der Waals surface area contributed by atoms with Crippen LogP contribution in [-0.4, -0.2) is 21.0 Å². The number of aryl methyl sites for hydroxylation is 2. The Hall–Kier alpha value is -2.83. The number of oxime groups is 1. The van der Waals surface area contributed by atoms with E-state index in [0.717, 1.165) is 5.69 Å². The summed E-state index contributed by atoms with van der Waals surface area (Å²) in [4.78, 5) is 9.32. The molecule has 0 saturated carbocycles. The third-order valence-corrected chi connectivity index (χ3v) is 4.17. The summed E-state index contributed by atoms with van der Waals surface area (Å²) in [6, 6.07) is 10.6. The lowest BCUT2D eigenvalue weighted by atomic mass is 10.2. The first-order chi connectivity index (χ1) is 13.0. The van der Waals surface area contributed by atoms with E-state index in [1.54, 1.807) is 54.3 Å². The molecule has 0 atom stereocenters. The second-order valence-electron chi connectivity index (χ2n) is 5.58. The molecule has 0 aliphatic carbocycles. The van der Waals surface area contributed by atoms with Crippen LogP contribution in [0.1, 0.15) is 16.8 Å². The van der Waals surface area contributed by atoms with Gasteiger partial charge in [0.2, 0.25) is 5.88 Å². The lowest BCUT2D eigenvalue weighted by molar-refractivity contribution is 0.301. The summed E-state index contributed by atoms with van der Waals surface area (Å²) in [5.41, 5.74) is 1.96. The predicted molar refractivity (Wildman–Crippen MR) is 106 cm³/mol. The molecule has 0 saturated heterocycles. The molecule has 0 unspecified atom stereocenters. The first-order valence-corrected chi connectivity index (χ1v) is 8.68. The summed E-state index contributed by atoms with van der Waals surface area (Å²) in [5, 5.41) is 9.21. The standard InChI is InChI=1S/C19H16Cl2N4O2/c1-12-17(11-23-27-13(2)16-8-5-9-22-18(16)21)19(25(3)24-12)26-15-7-4-6-14(20)10-15/h4-11H,2H2,1,3H3/b23-11+. The number of ether oxygens (including phenoxy) is 1. The fourth-order valence-electron chi connectivity index (χ4n) is 2.35. The summed E-state index contributed by atoms with van der Waals surface area (Å²) in [5.74, 6) is 1.38. The van der Waals surface area contributed by atoms with E-state index in [4.69, 9.17) is 32.8 Å². The van der Waals surface area contributed by atoms with Crippen LogP contribution in [0.3, 0.4) is 0 Å². The van der Waals surface area contributed by atoms with Crippen molar-refractivity contribution in [2.75, 3.05) is 0 Å². The maximum atomic E-state index is 6.02. The van der Waals surface area contributed by atoms with Crippen LogP contribution in [0.25, 0.3) is 5.76 Å². The Bertz CT molecular complexity index is 1010. The Balaban J connectivity index is 1.79. The summed E-state index contributed by atoms with van der Waals surface area (Å²) >= 11 is 12.0. The van der Waals surface area contributed by atoms with Crippen LogP contribution in [0, 0.1) is 6.92 Å². The predicted octanol–water partition coefficient (Wildman–Crippen LogP) is 5.24. The van der Waals surface area contributed by atoms with E-state index in [-0.39, 0.29) is 5.76 Å². The highest BCUT2D eigenvalue weighted by Crippen LogP contribution is 2.28. The number of aromatic nitrogens is 3. The van der Waals surface area contributed by atoms with Crippen molar-refractivity contribution < 1.29 is 9.57 Å². The maximum absolute atomic E-state index is 6.02. The minimum absolute atomic E-state index is 0.281. The molecular weight excluding hydrogens is 387 g/mol. The van der Waals surface area contributed by atoms with E-state index < -0.39 is 0 Å². The SMILES string of the molecule is C=C(O/N=C/c1c(C)nn(C)c1Oc1cccc(Cl)c1)c1cccnc1Cl. The Kier molecular flexibility index (Phi) is 5.78. The van der Waals surface area contributed by atoms with Gasteiger partial charge in [0.25, 0.3) is 0 Å². The number of benzene rings is 1. The van der Waals surface area contributed by atoms with Crippen molar-refractivity contribution in [2.24, 2.45) is 12.2 Å². The summed E-state index contributed by atoms with van der Waals surface area (Å²) < 4.78 is 7.53. The van der Waals surface area contributed by atoms with Gasteiger partial charge in [-0.2, -0.15) is 5.10 Å². The largest absolute Gasteiger partial charge is 0.439 e. The van der Waals surface area contributed by atoms with Crippen molar-refractivity contribution >= 4 is 35.2 Å². The van der Waals surface area contributed by atoms with Gasteiger partial charge >= 0.3 is 0 Å². The molecule has 138 valence electrons. The van der Waals surface area contributed by atoms with Crippen LogP contribution < -0.4 is 4.74 Å². The van der Waals surface area contributed by atoms with Gasteiger partial charge in [0.1, 0.15) is 10.9 Å². The molecule has 0 aliphatic heterocycles. The third kappa shape index (κ3) is 4.48. The van der Waals surface area contributed by atoms with E-state index in [9.17, 15) is 0 Å². The molecule has 0 amide bonds. The molecule has 0 bridgehead atoms. The molecule has 2 heterocycles. The molecule has 3 rings (SSSR count). The first kappa shape index (κ1) is 18.9. The number of halogens is 2. The summed E-state index contributed by atoms with van der Waals surface area (Å²) in [7, 11) is 1.78. The minimum Gasteiger partial charge on any atom is -0.439 e. The van der Waals surface area contributed by atoms with E-state index in [2.05, 4.69) is 21.8 Å². The monoisotopic (exact) mass is 402 g/mol. The van der Waals surface area contributed by atoms with Crippen LogP contribution in [0.15, 0.2) is 54.3 Å². The highest BCUT2D eigenvalue weighted by atomic mass is 35.5. The molecule has 3 aromatic rings. The van der Waals surface area contributed by atoms with E-state index in [1.165, 1.54) is 6.21 Å². The highest BCUT2D eigenvalue weighted by molar-refractivity contribution is 6.31. The number of rotatable bonds is 6. The zero-order valence-corrected chi connectivity index (χ0v) is 16.2. The van der Waals surface area contributed by atoms with Gasteiger partial charge in [-0.05, 0) is 37.3 Å². The van der Waals surface area contributed by atoms with Gasteiger partial charge < -0.3 is 9.57 Å². The zero-order chi connectivity index (χ0) is 19.4. The highest BCUT2D eigenvalue weighted by Gasteiger charge is 2.15. The molecule has 0 N–H and O–H groups in total. The lowest BCUT2D eigenvalue weighted by Crippen LogP contribution is -1.97. The second kappa shape index (κ2) is 8.24. The summed E-state index contributed by atoms with van der Waals surface area (Å²) in [6.45, 7) is 5.66. The second-order valence-corrected chi connectivity index (χ2v) is 6.37. The van der Waals surface area contributed by atoms with Crippen LogP contribution in [0.2, 0.25) is 10.2 Å². The van der Waals surface area contributed by atoms with Crippen molar-refractivity contribution in [1.29, 1.82) is 0 Å². The fraction of sp³-hybridized carbons (Fsp3) is 0.105. The smallest absolute Gasteiger partial charge is 0.226 e. The van der Waals surface area contributed by atoms with Crippen molar-refractivity contribution in [3.63, 3.8) is 0 Å². The van der Waals surface area contributed by atoms with Crippen molar-refractivity contribution in [2.45, 2.75) is 6.92 Å². The molecule has 0 spiro atoms. The van der Waals surface area contributed by atoms with E-state index >= 15 is 0 Å². The van der Waals surface area contributed by atoms with Crippen LogP contribution in [-0.2, 0) is 11.9 Å². The topological polar surface area (TPSA) is 61.5 Å². The molecule has 0 aliphatic rings. The number of nitrogens with zero attached hydrogens (tertiary/aromatic N) is 4. The third-order valence-electron chi connectivity index (χ3n) is 3.63. The number of hydrogen-bond acceptors (Lipinski definition) is 5. The van der Waals surface area contributed by atoms with Crippen molar-refractivity contribution in [3.8, 4) is 11.6 Å². The summed E-state index contributed by atoms with van der Waals surface area (Å²) in [6.07, 6.45) is 3.10. The van der Waals surface area contributed by atoms with Gasteiger partial charge in [-0.3, -0.25) is 0 Å². The van der Waals surface area contributed by atoms with Gasteiger partial charge in [-0.15, -0.1) is 0 Å². The van der Waals surface area contributed by atoms with Crippen LogP contribution in [0.5, 0.6) is 11.6 Å². The Morgan fingerprint density at radius 3 is 2.81 bits per heavy atom. The molecule has 1 aromatic carbocycles. The molecule has 2 aromatic heterocycles. The van der Waals surface area contributed by atoms with E-state index in [1.807, 2.05) is 6.92 Å². The Morgan fingerprint density at radius 2 is 2.07 bits per heavy atom. The number of hydrogen-bond donors (Lipinski definition) is 0. The number of pyridine rings is 1. The van der Waals surface area contributed by atoms with Gasteiger partial charge in [0.05, 0.1) is 23.0 Å². The Morgan fingerprint density at radius 1 is 1.26 bits per heavy atom. The molecule has 0 radical (unpaired) electrons. The maximum Gasteiger partial charge on any atom is 0.226 e. The first-order valence-electron chi connectivity index (χ1n) is 7.93. The normalized spacial score (nSPS) is 11.0. The lowest BCUT2D eigenvalue weighted by Gasteiger charge is -2.07. The molecule has 27 heavy (non-hydrogen) atoms. The molecule has 6 nitrogen and oxygen atoms in total. The molecule has 0 fully saturated rings. The fourth-order valence-corrected chi connectivity index (χ4v) is 2.76. The zero-order valence-electron chi connectivity index (χ0n) is 14.7. The minimum atomic E-state index is 0.281. The van der Waals surface area contributed by atoms with Crippen LogP contribution >= 0.6 is 23.2 Å². The van der Waals surface area contributed by atoms with Crippen molar-refractivity contribution in [3.05, 3.63) is 76.2 Å². The average Bonchev–Trinajstić information content (AvgIpc) is 2.89. The molecule has 8 heteroatoms. The molecular formula is C19H16Cl2N4O2. The van der Waals surface area contributed by atoms with Gasteiger partial charge in [-0.25, -0.2) is 9.67 Å².